The van der Waals surface area contributed by atoms with Crippen LogP contribution in [0, 0.1) is 0 Å². The van der Waals surface area contributed by atoms with E-state index in [1.165, 1.54) is 31.4 Å². The lowest BCUT2D eigenvalue weighted by Crippen LogP contribution is -2.43. The first-order valence-electron chi connectivity index (χ1n) is 11.6. The Hall–Kier alpha value is -3.77. The second kappa shape index (κ2) is 11.3. The first-order chi connectivity index (χ1) is 18.0. The zero-order valence-electron chi connectivity index (χ0n) is 20.6. The van der Waals surface area contributed by atoms with Gasteiger partial charge in [0.25, 0.3) is 5.91 Å². The van der Waals surface area contributed by atoms with Crippen LogP contribution >= 0.6 is 11.6 Å². The molecule has 0 bridgehead atoms. The molecule has 9 nitrogen and oxygen atoms in total. The number of aromatic nitrogens is 2. The highest BCUT2D eigenvalue weighted by atomic mass is 35.5. The van der Waals surface area contributed by atoms with E-state index in [0.717, 1.165) is 25.9 Å². The van der Waals surface area contributed by atoms with Crippen molar-refractivity contribution < 1.29 is 27.4 Å². The van der Waals surface area contributed by atoms with Crippen molar-refractivity contribution in [2.24, 2.45) is 0 Å². The molecule has 1 aliphatic rings. The van der Waals surface area contributed by atoms with Crippen LogP contribution < -0.4 is 25.8 Å². The predicted octanol–water partition coefficient (Wildman–Crippen LogP) is 5.10. The maximum atomic E-state index is 13.6. The van der Waals surface area contributed by atoms with Gasteiger partial charge in [0.1, 0.15) is 11.3 Å². The van der Waals surface area contributed by atoms with Gasteiger partial charge >= 0.3 is 6.18 Å². The molecule has 0 unspecified atom stereocenters. The number of benzene rings is 2. The number of nitrogen functional groups attached to an aromatic ring is 1. The quantitative estimate of drug-likeness (QED) is 0.348. The highest BCUT2D eigenvalue weighted by Gasteiger charge is 2.36. The predicted molar refractivity (Wildman–Crippen MR) is 137 cm³/mol. The van der Waals surface area contributed by atoms with Gasteiger partial charge in [0.05, 0.1) is 18.5 Å². The summed E-state index contributed by atoms with van der Waals surface area (Å²) in [6, 6.07) is 8.85. The molecule has 0 spiro atoms. The van der Waals surface area contributed by atoms with Gasteiger partial charge in [-0.05, 0) is 69.4 Å². The number of hydrogen-bond acceptors (Lipinski definition) is 8. The van der Waals surface area contributed by atoms with Crippen molar-refractivity contribution >= 4 is 34.8 Å². The van der Waals surface area contributed by atoms with Gasteiger partial charge in [0.2, 0.25) is 11.8 Å². The summed E-state index contributed by atoms with van der Waals surface area (Å²) in [4.78, 5) is 22.7. The number of piperidine rings is 1. The van der Waals surface area contributed by atoms with Gasteiger partial charge in [0.15, 0.2) is 5.75 Å². The topological polar surface area (TPSA) is 115 Å². The van der Waals surface area contributed by atoms with Crippen LogP contribution in [0.4, 0.5) is 30.5 Å². The third-order valence-corrected chi connectivity index (χ3v) is 6.24. The number of nitrogens with zero attached hydrogens (tertiary/aromatic N) is 3. The van der Waals surface area contributed by atoms with E-state index in [1.54, 1.807) is 12.1 Å². The number of methoxy groups -OCH3 is 1. The van der Waals surface area contributed by atoms with Gasteiger partial charge in [-0.3, -0.25) is 4.79 Å². The lowest BCUT2D eigenvalue weighted by molar-refractivity contribution is -0.139. The summed E-state index contributed by atoms with van der Waals surface area (Å²) >= 11 is 5.86. The first-order valence-corrected chi connectivity index (χ1v) is 12.0. The Morgan fingerprint density at radius 3 is 2.55 bits per heavy atom. The molecule has 1 fully saturated rings. The number of nitrogens with one attached hydrogen (secondary N) is 2. The number of amides is 1. The summed E-state index contributed by atoms with van der Waals surface area (Å²) < 4.78 is 51.6. The molecule has 13 heteroatoms. The average molecular weight is 551 g/mol. The molecule has 202 valence electrons. The molecule has 1 aliphatic heterocycles. The van der Waals surface area contributed by atoms with E-state index in [0.29, 0.717) is 22.5 Å². The Morgan fingerprint density at radius 2 is 1.89 bits per heavy atom. The molecule has 4 rings (SSSR count). The second-order valence-corrected chi connectivity index (χ2v) is 9.22. The maximum absolute atomic E-state index is 13.6. The molecule has 0 aliphatic carbocycles. The molecule has 38 heavy (non-hydrogen) atoms. The molecule has 2 heterocycles. The Kier molecular flexibility index (Phi) is 8.12. The maximum Gasteiger partial charge on any atom is 0.423 e. The fourth-order valence-corrected chi connectivity index (χ4v) is 4.07. The fraction of sp³-hybridized carbons (Fsp3) is 0.320. The van der Waals surface area contributed by atoms with Crippen LogP contribution in [-0.2, 0) is 6.18 Å². The number of carbonyl (C=O) groups is 1. The number of nitrogens with two attached hydrogens (primary N) is 1. The summed E-state index contributed by atoms with van der Waals surface area (Å²) in [5, 5.41) is 6.15. The summed E-state index contributed by atoms with van der Waals surface area (Å²) in [6.07, 6.45) is -2.46. The number of ether oxygens (including phenoxy) is 2. The van der Waals surface area contributed by atoms with Gasteiger partial charge < -0.3 is 30.7 Å². The lowest BCUT2D eigenvalue weighted by Gasteiger charge is -2.29. The summed E-state index contributed by atoms with van der Waals surface area (Å²) in [6.45, 7) is 1.81. The van der Waals surface area contributed by atoms with Crippen LogP contribution in [0.1, 0.15) is 28.8 Å². The van der Waals surface area contributed by atoms with E-state index < -0.39 is 17.6 Å². The molecule has 0 radical (unpaired) electrons. The highest BCUT2D eigenvalue weighted by molar-refractivity contribution is 6.30. The molecule has 1 aromatic heterocycles. The van der Waals surface area contributed by atoms with E-state index in [-0.39, 0.29) is 35.1 Å². The van der Waals surface area contributed by atoms with Crippen molar-refractivity contribution in [2.75, 3.05) is 38.3 Å². The molecule has 1 amide bonds. The van der Waals surface area contributed by atoms with E-state index in [1.807, 2.05) is 7.05 Å². The lowest BCUT2D eigenvalue weighted by atomic mass is 10.0. The van der Waals surface area contributed by atoms with Crippen molar-refractivity contribution in [1.29, 1.82) is 0 Å². The molecular weight excluding hydrogens is 525 g/mol. The van der Waals surface area contributed by atoms with Crippen molar-refractivity contribution in [3.63, 3.8) is 0 Å². The van der Waals surface area contributed by atoms with Crippen LogP contribution in [0.5, 0.6) is 17.4 Å². The Morgan fingerprint density at radius 1 is 1.16 bits per heavy atom. The van der Waals surface area contributed by atoms with Crippen LogP contribution in [-0.4, -0.2) is 54.1 Å². The Bertz CT molecular complexity index is 1320. The van der Waals surface area contributed by atoms with Crippen LogP contribution in [0.25, 0.3) is 0 Å². The number of carbonyl (C=O) groups excluding carboxylic acids is 1. The zero-order valence-corrected chi connectivity index (χ0v) is 21.4. The monoisotopic (exact) mass is 550 g/mol. The number of rotatable bonds is 7. The van der Waals surface area contributed by atoms with E-state index in [9.17, 15) is 18.0 Å². The van der Waals surface area contributed by atoms with Crippen LogP contribution in [0.2, 0.25) is 5.02 Å². The van der Waals surface area contributed by atoms with Crippen LogP contribution in [0.3, 0.4) is 0 Å². The number of anilines is 3. The summed E-state index contributed by atoms with van der Waals surface area (Å²) in [7, 11) is 3.45. The minimum absolute atomic E-state index is 0.0366. The Labute approximate surface area is 222 Å². The third kappa shape index (κ3) is 6.56. The highest BCUT2D eigenvalue weighted by Crippen LogP contribution is 2.39. The largest absolute Gasteiger partial charge is 0.495 e. The number of alkyl halides is 3. The third-order valence-electron chi connectivity index (χ3n) is 6.00. The van der Waals surface area contributed by atoms with Gasteiger partial charge in [-0.1, -0.05) is 11.6 Å². The molecular formula is C25H26ClF3N6O3. The van der Waals surface area contributed by atoms with Gasteiger partial charge in [0, 0.05) is 22.8 Å². The average Bonchev–Trinajstić information content (AvgIpc) is 2.86. The summed E-state index contributed by atoms with van der Waals surface area (Å²) in [5.41, 5.74) is 5.39. The van der Waals surface area contributed by atoms with E-state index in [2.05, 4.69) is 25.5 Å². The van der Waals surface area contributed by atoms with Crippen molar-refractivity contribution in [3.8, 4) is 17.4 Å². The molecule has 4 N–H and O–H groups in total. The van der Waals surface area contributed by atoms with E-state index in [4.69, 9.17) is 26.8 Å². The SMILES string of the molecule is COc1cc(C(=O)NC2CCN(C)CC2)ccc1Nc1ncc(C(F)(F)F)c(Oc2ccc(Cl)cc2N)n1. The summed E-state index contributed by atoms with van der Waals surface area (Å²) in [5.74, 6) is -0.970. The van der Waals surface area contributed by atoms with Gasteiger partial charge in [-0.2, -0.15) is 18.2 Å². The number of hydrogen-bond donors (Lipinski definition) is 3. The minimum atomic E-state index is -4.78. The molecule has 1 saturated heterocycles. The standard InChI is InChI=1S/C25H26ClF3N6O3/c1-35-9-7-16(8-10-35)32-22(36)14-3-5-19(21(11-14)37-2)33-24-31-13-17(25(27,28)29)23(34-24)38-20-6-4-15(26)12-18(20)30/h3-6,11-13,16H,7-10,30H2,1-2H3,(H,32,36)(H,31,33,34). The van der Waals surface area contributed by atoms with Gasteiger partial charge in [-0.15, -0.1) is 0 Å². The number of likely N-dealkylation sites (tertiary alicyclic amines) is 1. The minimum Gasteiger partial charge on any atom is -0.495 e. The zero-order chi connectivity index (χ0) is 27.4. The molecule has 0 atom stereocenters. The smallest absolute Gasteiger partial charge is 0.423 e. The number of halogens is 4. The normalized spacial score (nSPS) is 14.7. The second-order valence-electron chi connectivity index (χ2n) is 8.79. The first kappa shape index (κ1) is 27.3. The Balaban J connectivity index is 1.56. The van der Waals surface area contributed by atoms with Crippen molar-refractivity contribution in [1.82, 2.24) is 20.2 Å². The molecule has 3 aromatic rings. The van der Waals surface area contributed by atoms with Crippen molar-refractivity contribution in [3.05, 3.63) is 58.7 Å². The van der Waals surface area contributed by atoms with Crippen LogP contribution in [0.15, 0.2) is 42.6 Å². The van der Waals surface area contributed by atoms with Crippen molar-refractivity contribution in [2.45, 2.75) is 25.1 Å². The van der Waals surface area contributed by atoms with E-state index >= 15 is 0 Å². The molecule has 0 saturated carbocycles. The molecule has 2 aromatic carbocycles. The van der Waals surface area contributed by atoms with Gasteiger partial charge in [-0.25, -0.2) is 4.98 Å². The fourth-order valence-electron chi connectivity index (χ4n) is 3.89.